The molecule has 0 fully saturated rings. The second kappa shape index (κ2) is 5.98. The number of esters is 2. The Labute approximate surface area is 105 Å². The molecule has 0 amide bonds. The molecule has 0 saturated carbocycles. The average molecular weight is 290 g/mol. The molecule has 19 heavy (non-hydrogen) atoms. The van der Waals surface area contributed by atoms with Crippen LogP contribution in [0.2, 0.25) is 0 Å². The summed E-state index contributed by atoms with van der Waals surface area (Å²) in [6, 6.07) is 0. The highest BCUT2D eigenvalue weighted by Crippen LogP contribution is 2.35. The molecule has 9 heteroatoms. The molecule has 0 radical (unpaired) electrons. The summed E-state index contributed by atoms with van der Waals surface area (Å²) < 4.78 is 68.3. The van der Waals surface area contributed by atoms with Gasteiger partial charge >= 0.3 is 24.0 Å². The minimum Gasteiger partial charge on any atom is -0.456 e. The van der Waals surface area contributed by atoms with Gasteiger partial charge in [-0.05, 0) is 13.8 Å². The van der Waals surface area contributed by atoms with E-state index in [0.29, 0.717) is 0 Å². The Kier molecular flexibility index (Phi) is 5.46. The van der Waals surface area contributed by atoms with Gasteiger partial charge in [0.1, 0.15) is 0 Å². The van der Waals surface area contributed by atoms with E-state index in [9.17, 15) is 31.5 Å². The van der Waals surface area contributed by atoms with Crippen molar-refractivity contribution in [2.24, 2.45) is 0 Å². The second-order valence-electron chi connectivity index (χ2n) is 3.64. The summed E-state index contributed by atoms with van der Waals surface area (Å²) in [6.07, 6.45) is -7.45. The van der Waals surface area contributed by atoms with E-state index in [1.807, 2.05) is 0 Å². The average Bonchev–Trinajstić information content (AvgIpc) is 2.23. The van der Waals surface area contributed by atoms with Crippen LogP contribution in [0.15, 0.2) is 12.2 Å². The fraction of sp³-hybridized carbons (Fsp3) is 0.600. The first-order valence-electron chi connectivity index (χ1n) is 4.86. The number of halogens is 5. The smallest absolute Gasteiger partial charge is 0.456 e. The lowest BCUT2D eigenvalue weighted by atomic mass is 10.3. The van der Waals surface area contributed by atoms with E-state index in [0.717, 1.165) is 6.92 Å². The summed E-state index contributed by atoms with van der Waals surface area (Å²) >= 11 is 0. The van der Waals surface area contributed by atoms with Crippen molar-refractivity contribution in [2.45, 2.75) is 32.1 Å². The van der Waals surface area contributed by atoms with Gasteiger partial charge < -0.3 is 9.47 Å². The molecular formula is C10H11F5O4. The fourth-order valence-corrected chi connectivity index (χ4v) is 0.670. The minimum atomic E-state index is -5.83. The van der Waals surface area contributed by atoms with Crippen molar-refractivity contribution >= 4 is 11.9 Å². The van der Waals surface area contributed by atoms with Crippen molar-refractivity contribution in [2.75, 3.05) is 6.61 Å². The van der Waals surface area contributed by atoms with Gasteiger partial charge in [-0.15, -0.1) is 0 Å². The van der Waals surface area contributed by atoms with E-state index < -0.39 is 36.7 Å². The molecule has 0 spiro atoms. The van der Waals surface area contributed by atoms with Crippen molar-refractivity contribution in [3.8, 4) is 0 Å². The Morgan fingerprint density at radius 1 is 1.21 bits per heavy atom. The normalized spacial score (nSPS) is 13.6. The molecule has 0 aromatic carbocycles. The van der Waals surface area contributed by atoms with Crippen molar-refractivity contribution in [1.82, 2.24) is 0 Å². The van der Waals surface area contributed by atoms with Crippen molar-refractivity contribution in [3.05, 3.63) is 12.2 Å². The maximum Gasteiger partial charge on any atom is 0.456 e. The van der Waals surface area contributed by atoms with E-state index in [1.54, 1.807) is 0 Å². The first-order chi connectivity index (χ1) is 8.38. The molecule has 0 aromatic rings. The van der Waals surface area contributed by atoms with Crippen LogP contribution in [0.1, 0.15) is 13.8 Å². The summed E-state index contributed by atoms with van der Waals surface area (Å²) in [5, 5.41) is 0. The molecule has 1 atom stereocenters. The second-order valence-corrected chi connectivity index (χ2v) is 3.64. The van der Waals surface area contributed by atoms with Crippen LogP contribution in [-0.4, -0.2) is 36.7 Å². The lowest BCUT2D eigenvalue weighted by Crippen LogP contribution is -2.42. The third kappa shape index (κ3) is 5.23. The van der Waals surface area contributed by atoms with Gasteiger partial charge in [-0.3, -0.25) is 0 Å². The third-order valence-electron chi connectivity index (χ3n) is 1.77. The maximum atomic E-state index is 12.4. The zero-order valence-electron chi connectivity index (χ0n) is 10.0. The summed E-state index contributed by atoms with van der Waals surface area (Å²) in [5.41, 5.74) is -0.0692. The molecular weight excluding hydrogens is 279 g/mol. The molecule has 0 aromatic heterocycles. The summed E-state index contributed by atoms with van der Waals surface area (Å²) in [4.78, 5) is 22.0. The SMILES string of the molecule is C=C(C)C(=O)OC(C)C(=O)OCC(F)(F)C(F)(F)F. The van der Waals surface area contributed by atoms with Gasteiger partial charge in [0.25, 0.3) is 0 Å². The van der Waals surface area contributed by atoms with E-state index >= 15 is 0 Å². The first kappa shape index (κ1) is 17.3. The number of hydrogen-bond donors (Lipinski definition) is 0. The quantitative estimate of drug-likeness (QED) is 0.442. The number of ether oxygens (including phenoxy) is 2. The number of hydrogen-bond acceptors (Lipinski definition) is 4. The monoisotopic (exact) mass is 290 g/mol. The van der Waals surface area contributed by atoms with Crippen LogP contribution >= 0.6 is 0 Å². The predicted molar refractivity (Wildman–Crippen MR) is 52.3 cm³/mol. The van der Waals surface area contributed by atoms with Crippen LogP contribution in [0, 0.1) is 0 Å². The Morgan fingerprint density at radius 2 is 1.68 bits per heavy atom. The summed E-state index contributed by atoms with van der Waals surface area (Å²) in [6.45, 7) is 3.24. The molecule has 0 heterocycles. The van der Waals surface area contributed by atoms with Crippen LogP contribution in [0.4, 0.5) is 22.0 Å². The highest BCUT2D eigenvalue weighted by molar-refractivity contribution is 5.89. The molecule has 0 aliphatic rings. The summed E-state index contributed by atoms with van der Waals surface area (Å²) in [7, 11) is 0. The molecule has 1 unspecified atom stereocenters. The Bertz CT molecular complexity index is 375. The molecule has 0 aliphatic heterocycles. The van der Waals surface area contributed by atoms with E-state index in [1.165, 1.54) is 6.92 Å². The van der Waals surface area contributed by atoms with Gasteiger partial charge in [0.2, 0.25) is 0 Å². The van der Waals surface area contributed by atoms with E-state index in [-0.39, 0.29) is 5.57 Å². The zero-order chi connectivity index (χ0) is 15.4. The standard InChI is InChI=1S/C10H11F5O4/c1-5(2)7(16)19-6(3)8(17)18-4-9(11,12)10(13,14)15/h6H,1,4H2,2-3H3. The van der Waals surface area contributed by atoms with Gasteiger partial charge in [-0.1, -0.05) is 6.58 Å². The largest absolute Gasteiger partial charge is 0.456 e. The minimum absolute atomic E-state index is 0.0692. The number of carbonyl (C=O) groups is 2. The van der Waals surface area contributed by atoms with Crippen LogP contribution in [-0.2, 0) is 19.1 Å². The number of rotatable bonds is 5. The highest BCUT2D eigenvalue weighted by Gasteiger charge is 2.58. The molecule has 0 rings (SSSR count). The van der Waals surface area contributed by atoms with Crippen LogP contribution in [0.25, 0.3) is 0 Å². The van der Waals surface area contributed by atoms with E-state index in [2.05, 4.69) is 16.1 Å². The van der Waals surface area contributed by atoms with Crippen LogP contribution < -0.4 is 0 Å². The fourth-order valence-electron chi connectivity index (χ4n) is 0.670. The van der Waals surface area contributed by atoms with Crippen LogP contribution in [0.5, 0.6) is 0 Å². The van der Waals surface area contributed by atoms with Gasteiger partial charge in [0, 0.05) is 5.57 Å². The number of alkyl halides is 5. The van der Waals surface area contributed by atoms with Crippen LogP contribution in [0.3, 0.4) is 0 Å². The highest BCUT2D eigenvalue weighted by atomic mass is 19.4. The maximum absolute atomic E-state index is 12.4. The molecule has 4 nitrogen and oxygen atoms in total. The van der Waals surface area contributed by atoms with Crippen molar-refractivity contribution < 1.29 is 41.0 Å². The lowest BCUT2D eigenvalue weighted by molar-refractivity contribution is -0.294. The predicted octanol–water partition coefficient (Wildman–Crippen LogP) is 2.24. The lowest BCUT2D eigenvalue weighted by Gasteiger charge is -2.20. The van der Waals surface area contributed by atoms with Gasteiger partial charge in [0.15, 0.2) is 12.7 Å². The van der Waals surface area contributed by atoms with Gasteiger partial charge in [0.05, 0.1) is 0 Å². The van der Waals surface area contributed by atoms with Crippen molar-refractivity contribution in [3.63, 3.8) is 0 Å². The summed E-state index contributed by atoms with van der Waals surface area (Å²) in [5.74, 6) is -7.67. The Morgan fingerprint density at radius 3 is 2.05 bits per heavy atom. The first-order valence-corrected chi connectivity index (χ1v) is 4.86. The van der Waals surface area contributed by atoms with E-state index in [4.69, 9.17) is 0 Å². The topological polar surface area (TPSA) is 52.6 Å². The number of carbonyl (C=O) groups excluding carboxylic acids is 2. The molecule has 0 aliphatic carbocycles. The van der Waals surface area contributed by atoms with Crippen molar-refractivity contribution in [1.29, 1.82) is 0 Å². The Balaban J connectivity index is 4.40. The molecule has 0 bridgehead atoms. The molecule has 110 valence electrons. The molecule has 0 saturated heterocycles. The Hall–Kier alpha value is -1.67. The third-order valence-corrected chi connectivity index (χ3v) is 1.77. The van der Waals surface area contributed by atoms with Gasteiger partial charge in [-0.25, -0.2) is 9.59 Å². The molecule has 0 N–H and O–H groups in total. The zero-order valence-corrected chi connectivity index (χ0v) is 10.0. The van der Waals surface area contributed by atoms with Gasteiger partial charge in [-0.2, -0.15) is 22.0 Å².